The molecule has 0 aromatic heterocycles. The van der Waals surface area contributed by atoms with Gasteiger partial charge in [-0.25, -0.2) is 8.42 Å². The van der Waals surface area contributed by atoms with E-state index in [4.69, 9.17) is 4.74 Å². The second kappa shape index (κ2) is 6.19. The highest BCUT2D eigenvalue weighted by Gasteiger charge is 2.43. The molecule has 2 aromatic carbocycles. The number of nitrogens with zero attached hydrogens (tertiary/aromatic N) is 1. The van der Waals surface area contributed by atoms with Gasteiger partial charge in [-0.2, -0.15) is 0 Å². The maximum atomic E-state index is 11.8. The lowest BCUT2D eigenvalue weighted by Gasteiger charge is -2.24. The predicted octanol–water partition coefficient (Wildman–Crippen LogP) is 2.94. The molecule has 2 aliphatic heterocycles. The minimum absolute atomic E-state index is 0.277. The van der Waals surface area contributed by atoms with E-state index in [0.29, 0.717) is 13.1 Å². The van der Waals surface area contributed by atoms with Crippen LogP contribution in [-0.2, 0) is 27.7 Å². The van der Waals surface area contributed by atoms with E-state index in [1.54, 1.807) is 24.3 Å². The molecule has 0 amide bonds. The summed E-state index contributed by atoms with van der Waals surface area (Å²) in [5, 5.41) is 10.7. The monoisotopic (exact) mass is 385 g/mol. The Morgan fingerprint density at radius 3 is 2.11 bits per heavy atom. The van der Waals surface area contributed by atoms with Crippen LogP contribution in [0.15, 0.2) is 59.1 Å². The summed E-state index contributed by atoms with van der Waals surface area (Å²) in [5.41, 5.74) is 4.30. The lowest BCUT2D eigenvalue weighted by atomic mass is 9.91. The van der Waals surface area contributed by atoms with E-state index in [0.717, 1.165) is 16.8 Å². The van der Waals surface area contributed by atoms with Gasteiger partial charge in [0.15, 0.2) is 16.1 Å². The van der Waals surface area contributed by atoms with E-state index in [2.05, 4.69) is 17.0 Å². The molecule has 6 heteroatoms. The number of fused-ring (bicyclic) bond motifs is 1. The Morgan fingerprint density at radius 1 is 1.04 bits per heavy atom. The number of hydrogen-bond acceptors (Lipinski definition) is 5. The standard InChI is InChI=1S/C21H23NO4S/c1-21(2)18(14-8-10-17(11-9-14)27(3,24)25)19(20(23)26-21)22-12-15-6-4-5-7-16(15)13-22/h4-11,20,23H,12-13H2,1-3H3. The van der Waals surface area contributed by atoms with Crippen LogP contribution in [0, 0.1) is 0 Å². The van der Waals surface area contributed by atoms with Crippen molar-refractivity contribution in [3.63, 3.8) is 0 Å². The number of rotatable bonds is 3. The van der Waals surface area contributed by atoms with Crippen LogP contribution in [0.2, 0.25) is 0 Å². The maximum absolute atomic E-state index is 11.8. The van der Waals surface area contributed by atoms with Crippen LogP contribution >= 0.6 is 0 Å². The molecule has 1 unspecified atom stereocenters. The van der Waals surface area contributed by atoms with Gasteiger partial charge < -0.3 is 14.7 Å². The molecule has 2 aromatic rings. The number of benzene rings is 2. The zero-order valence-corrected chi connectivity index (χ0v) is 16.5. The average Bonchev–Trinajstić information content (AvgIpc) is 3.11. The molecule has 4 rings (SSSR count). The van der Waals surface area contributed by atoms with Gasteiger partial charge in [-0.05, 0) is 42.7 Å². The molecule has 0 fully saturated rings. The summed E-state index contributed by atoms with van der Waals surface area (Å²) in [6.45, 7) is 5.28. The van der Waals surface area contributed by atoms with Crippen LogP contribution in [-0.4, -0.2) is 36.6 Å². The Bertz CT molecular complexity index is 997. The first-order valence-electron chi connectivity index (χ1n) is 8.89. The van der Waals surface area contributed by atoms with E-state index in [1.807, 2.05) is 26.0 Å². The molecule has 5 nitrogen and oxygen atoms in total. The van der Waals surface area contributed by atoms with Crippen LogP contribution in [0.25, 0.3) is 5.57 Å². The minimum Gasteiger partial charge on any atom is -0.363 e. The van der Waals surface area contributed by atoms with Gasteiger partial charge in [0.05, 0.1) is 16.2 Å². The number of ether oxygens (including phenoxy) is 1. The predicted molar refractivity (Wildman–Crippen MR) is 103 cm³/mol. The molecule has 27 heavy (non-hydrogen) atoms. The second-order valence-corrected chi connectivity index (χ2v) is 9.68. The van der Waals surface area contributed by atoms with Crippen molar-refractivity contribution in [1.29, 1.82) is 0 Å². The van der Waals surface area contributed by atoms with Gasteiger partial charge in [0.2, 0.25) is 0 Å². The largest absolute Gasteiger partial charge is 0.363 e. The molecule has 0 bridgehead atoms. The summed E-state index contributed by atoms with van der Waals surface area (Å²) in [4.78, 5) is 2.42. The molecule has 0 radical (unpaired) electrons. The van der Waals surface area contributed by atoms with Crippen LogP contribution in [0.1, 0.15) is 30.5 Å². The quantitative estimate of drug-likeness (QED) is 0.880. The summed E-state index contributed by atoms with van der Waals surface area (Å²) in [7, 11) is -3.26. The minimum atomic E-state index is -3.26. The zero-order chi connectivity index (χ0) is 19.4. The van der Waals surface area contributed by atoms with E-state index in [9.17, 15) is 13.5 Å². The lowest BCUT2D eigenvalue weighted by molar-refractivity contribution is -0.119. The molecule has 0 aliphatic carbocycles. The van der Waals surface area contributed by atoms with Crippen LogP contribution in [0.4, 0.5) is 0 Å². The van der Waals surface area contributed by atoms with Gasteiger partial charge in [-0.1, -0.05) is 36.4 Å². The van der Waals surface area contributed by atoms with Crippen molar-refractivity contribution >= 4 is 15.4 Å². The summed E-state index contributed by atoms with van der Waals surface area (Å²) >= 11 is 0. The van der Waals surface area contributed by atoms with Crippen molar-refractivity contribution in [1.82, 2.24) is 4.90 Å². The Labute approximate surface area is 159 Å². The third-order valence-corrected chi connectivity index (χ3v) is 6.38. The van der Waals surface area contributed by atoms with Crippen molar-refractivity contribution in [3.05, 3.63) is 70.9 Å². The average molecular weight is 385 g/mol. The summed E-state index contributed by atoms with van der Waals surface area (Å²) in [6, 6.07) is 15.0. The molecule has 2 heterocycles. The van der Waals surface area contributed by atoms with Gasteiger partial charge in [-0.3, -0.25) is 0 Å². The Hall–Kier alpha value is -2.15. The third kappa shape index (κ3) is 3.18. The highest BCUT2D eigenvalue weighted by Crippen LogP contribution is 2.44. The summed E-state index contributed by atoms with van der Waals surface area (Å²) in [6.07, 6.45) is 0.180. The van der Waals surface area contributed by atoms with Gasteiger partial charge in [0, 0.05) is 24.9 Å². The number of sulfone groups is 1. The Kier molecular flexibility index (Phi) is 4.18. The van der Waals surface area contributed by atoms with Crippen LogP contribution in [0.3, 0.4) is 0 Å². The number of hydrogen-bond donors (Lipinski definition) is 1. The topological polar surface area (TPSA) is 66.8 Å². The lowest BCUT2D eigenvalue weighted by Crippen LogP contribution is -2.25. The Morgan fingerprint density at radius 2 is 1.59 bits per heavy atom. The fourth-order valence-corrected chi connectivity index (χ4v) is 4.64. The number of aliphatic hydroxyl groups excluding tert-OH is 1. The van der Waals surface area contributed by atoms with Crippen molar-refractivity contribution in [2.75, 3.05) is 6.26 Å². The molecule has 2 aliphatic rings. The van der Waals surface area contributed by atoms with Crippen molar-refractivity contribution in [2.45, 2.75) is 43.7 Å². The van der Waals surface area contributed by atoms with E-state index in [-0.39, 0.29) is 4.90 Å². The molecular weight excluding hydrogens is 362 g/mol. The van der Waals surface area contributed by atoms with E-state index >= 15 is 0 Å². The SMILES string of the molecule is CC1(C)OC(O)C(N2Cc3ccccc3C2)=C1c1ccc(S(C)(=O)=O)cc1. The maximum Gasteiger partial charge on any atom is 0.197 e. The molecule has 0 saturated heterocycles. The second-order valence-electron chi connectivity index (χ2n) is 7.66. The third-order valence-electron chi connectivity index (χ3n) is 5.25. The van der Waals surface area contributed by atoms with Crippen LogP contribution in [0.5, 0.6) is 0 Å². The highest BCUT2D eigenvalue weighted by molar-refractivity contribution is 7.90. The first kappa shape index (κ1) is 18.2. The summed E-state index contributed by atoms with van der Waals surface area (Å²) in [5.74, 6) is 0. The first-order chi connectivity index (χ1) is 12.7. The molecule has 0 saturated carbocycles. The van der Waals surface area contributed by atoms with Crippen LogP contribution < -0.4 is 0 Å². The molecule has 1 atom stereocenters. The van der Waals surface area contributed by atoms with E-state index < -0.39 is 21.7 Å². The van der Waals surface area contributed by atoms with Crippen molar-refractivity contribution in [3.8, 4) is 0 Å². The highest BCUT2D eigenvalue weighted by atomic mass is 32.2. The Balaban J connectivity index is 1.79. The molecule has 142 valence electrons. The van der Waals surface area contributed by atoms with Gasteiger partial charge in [0.25, 0.3) is 0 Å². The molecule has 1 N–H and O–H groups in total. The van der Waals surface area contributed by atoms with E-state index in [1.165, 1.54) is 17.4 Å². The van der Waals surface area contributed by atoms with Gasteiger partial charge in [0.1, 0.15) is 0 Å². The van der Waals surface area contributed by atoms with Gasteiger partial charge in [-0.15, -0.1) is 0 Å². The first-order valence-corrected chi connectivity index (χ1v) is 10.8. The van der Waals surface area contributed by atoms with Gasteiger partial charge >= 0.3 is 0 Å². The zero-order valence-electron chi connectivity index (χ0n) is 15.6. The molecular formula is C21H23NO4S. The van der Waals surface area contributed by atoms with Crippen molar-refractivity contribution < 1.29 is 18.3 Å². The number of aliphatic hydroxyl groups is 1. The smallest absolute Gasteiger partial charge is 0.197 e. The fourth-order valence-electron chi connectivity index (χ4n) is 4.01. The van der Waals surface area contributed by atoms with Crippen molar-refractivity contribution in [2.24, 2.45) is 0 Å². The fraction of sp³-hybridized carbons (Fsp3) is 0.333. The normalized spacial score (nSPS) is 21.6. The summed E-state index contributed by atoms with van der Waals surface area (Å²) < 4.78 is 29.4. The molecule has 0 spiro atoms.